The van der Waals surface area contributed by atoms with Gasteiger partial charge in [-0.2, -0.15) is 0 Å². The van der Waals surface area contributed by atoms with Crippen LogP contribution in [0.15, 0.2) is 24.3 Å². The first-order valence-corrected chi connectivity index (χ1v) is 6.66. The molecule has 0 heterocycles. The summed E-state index contributed by atoms with van der Waals surface area (Å²) in [5, 5.41) is 18.0. The molecule has 0 bridgehead atoms. The van der Waals surface area contributed by atoms with Crippen molar-refractivity contribution in [1.29, 1.82) is 0 Å². The summed E-state index contributed by atoms with van der Waals surface area (Å²) < 4.78 is 5.58. The van der Waals surface area contributed by atoms with Gasteiger partial charge in [0, 0.05) is 18.6 Å². The van der Waals surface area contributed by atoms with E-state index in [1.165, 1.54) is 12.1 Å². The highest BCUT2D eigenvalue weighted by atomic mass is 16.5. The van der Waals surface area contributed by atoms with E-state index in [1.54, 1.807) is 12.1 Å². The lowest BCUT2D eigenvalue weighted by Gasteiger charge is -2.35. The summed E-state index contributed by atoms with van der Waals surface area (Å²) in [5.41, 5.74) is 0.167. The molecule has 0 aliphatic carbocycles. The Bertz CT molecular complexity index is 440. The van der Waals surface area contributed by atoms with Gasteiger partial charge in [0.1, 0.15) is 12.4 Å². The number of carboxylic acids is 1. The van der Waals surface area contributed by atoms with Crippen LogP contribution >= 0.6 is 0 Å². The highest BCUT2D eigenvalue weighted by molar-refractivity contribution is 5.87. The van der Waals surface area contributed by atoms with E-state index in [0.29, 0.717) is 25.4 Å². The quantitative estimate of drug-likeness (QED) is 0.798. The van der Waals surface area contributed by atoms with E-state index in [1.807, 2.05) is 0 Å². The number of hydrogen-bond acceptors (Lipinski definition) is 4. The van der Waals surface area contributed by atoms with Crippen LogP contribution < -0.4 is 4.74 Å². The second kappa shape index (κ2) is 7.26. The number of carboxylic acid groups (broad SMARTS) is 1. The minimum Gasteiger partial charge on any atom is -0.492 e. The molecule has 0 amide bonds. The molecule has 1 rings (SSSR count). The molecule has 1 aromatic carbocycles. The number of nitrogens with zero attached hydrogens (tertiary/aromatic N) is 1. The van der Waals surface area contributed by atoms with Gasteiger partial charge in [0.05, 0.1) is 12.2 Å². The number of carbonyl (C=O) groups is 1. The zero-order valence-corrected chi connectivity index (χ0v) is 12.3. The van der Waals surface area contributed by atoms with Crippen LogP contribution in [0.4, 0.5) is 0 Å². The van der Waals surface area contributed by atoms with E-state index < -0.39 is 5.97 Å². The van der Waals surface area contributed by atoms with Crippen LogP contribution in [0.2, 0.25) is 0 Å². The molecule has 0 radical (unpaired) electrons. The Morgan fingerprint density at radius 2 is 2.00 bits per heavy atom. The molecule has 0 aliphatic rings. The number of β-amino-alcohol motifs (C(OH)–C–C–N with tert-alkyl or cyclic N) is 1. The molecular weight excluding hydrogens is 258 g/mol. The lowest BCUT2D eigenvalue weighted by molar-refractivity contribution is 0.0696. The first-order chi connectivity index (χ1) is 9.34. The Morgan fingerprint density at radius 1 is 1.30 bits per heavy atom. The first kappa shape index (κ1) is 16.5. The van der Waals surface area contributed by atoms with Crippen LogP contribution in [-0.2, 0) is 0 Å². The van der Waals surface area contributed by atoms with Crippen molar-refractivity contribution in [2.45, 2.75) is 26.3 Å². The molecule has 5 nitrogen and oxygen atoms in total. The summed E-state index contributed by atoms with van der Waals surface area (Å²) in [6, 6.07) is 6.44. The van der Waals surface area contributed by atoms with Gasteiger partial charge in [-0.3, -0.25) is 4.90 Å². The van der Waals surface area contributed by atoms with Crippen LogP contribution in [-0.4, -0.2) is 52.9 Å². The van der Waals surface area contributed by atoms with Crippen molar-refractivity contribution in [2.24, 2.45) is 0 Å². The fourth-order valence-electron chi connectivity index (χ4n) is 1.90. The van der Waals surface area contributed by atoms with Crippen molar-refractivity contribution in [3.8, 4) is 5.75 Å². The maximum absolute atomic E-state index is 10.9. The Balaban J connectivity index is 2.54. The standard InChI is InChI=1S/C15H23NO4/c1-15(2,3)16(7-9-17)8-10-20-13-6-4-5-12(11-13)14(18)19/h4-6,11,17H,7-10H2,1-3H3,(H,18,19). The van der Waals surface area contributed by atoms with Crippen molar-refractivity contribution >= 4 is 5.97 Å². The van der Waals surface area contributed by atoms with Gasteiger partial charge in [0.15, 0.2) is 0 Å². The van der Waals surface area contributed by atoms with E-state index in [0.717, 1.165) is 0 Å². The van der Waals surface area contributed by atoms with E-state index in [4.69, 9.17) is 14.9 Å². The van der Waals surface area contributed by atoms with Crippen molar-refractivity contribution in [3.05, 3.63) is 29.8 Å². The molecule has 0 unspecified atom stereocenters. The van der Waals surface area contributed by atoms with Crippen molar-refractivity contribution in [3.63, 3.8) is 0 Å². The molecule has 0 aromatic heterocycles. The zero-order valence-electron chi connectivity index (χ0n) is 12.3. The molecule has 0 atom stereocenters. The maximum Gasteiger partial charge on any atom is 0.335 e. The molecule has 0 saturated carbocycles. The number of aliphatic hydroxyl groups excluding tert-OH is 1. The lowest BCUT2D eigenvalue weighted by Crippen LogP contribution is -2.45. The average molecular weight is 281 g/mol. The number of rotatable bonds is 7. The third kappa shape index (κ3) is 5.19. The normalized spacial score (nSPS) is 11.7. The Labute approximate surface area is 119 Å². The van der Waals surface area contributed by atoms with Crippen LogP contribution in [0.1, 0.15) is 31.1 Å². The van der Waals surface area contributed by atoms with Gasteiger partial charge < -0.3 is 14.9 Å². The molecule has 2 N–H and O–H groups in total. The van der Waals surface area contributed by atoms with Gasteiger partial charge in [-0.1, -0.05) is 6.07 Å². The summed E-state index contributed by atoms with van der Waals surface area (Å²) in [6.45, 7) is 8.03. The number of hydrogen-bond donors (Lipinski definition) is 2. The van der Waals surface area contributed by atoms with E-state index in [-0.39, 0.29) is 17.7 Å². The topological polar surface area (TPSA) is 70.0 Å². The molecule has 0 aliphatic heterocycles. The zero-order chi connectivity index (χ0) is 15.2. The summed E-state index contributed by atoms with van der Waals surface area (Å²) in [7, 11) is 0. The maximum atomic E-state index is 10.9. The van der Waals surface area contributed by atoms with E-state index >= 15 is 0 Å². The number of benzene rings is 1. The second-order valence-corrected chi connectivity index (χ2v) is 5.56. The van der Waals surface area contributed by atoms with Crippen LogP contribution in [0, 0.1) is 0 Å². The minimum atomic E-state index is -0.966. The molecule has 112 valence electrons. The number of aromatic carboxylic acids is 1. The van der Waals surface area contributed by atoms with Gasteiger partial charge in [-0.25, -0.2) is 4.79 Å². The number of aliphatic hydroxyl groups is 1. The third-order valence-corrected chi connectivity index (χ3v) is 3.03. The third-order valence-electron chi connectivity index (χ3n) is 3.03. The smallest absolute Gasteiger partial charge is 0.335 e. The largest absolute Gasteiger partial charge is 0.492 e. The molecule has 5 heteroatoms. The fraction of sp³-hybridized carbons (Fsp3) is 0.533. The molecule has 1 aromatic rings. The molecular formula is C15H23NO4. The SMILES string of the molecule is CC(C)(C)N(CCO)CCOc1cccc(C(=O)O)c1. The lowest BCUT2D eigenvalue weighted by atomic mass is 10.1. The van der Waals surface area contributed by atoms with Gasteiger partial charge in [-0.05, 0) is 39.0 Å². The monoisotopic (exact) mass is 281 g/mol. The van der Waals surface area contributed by atoms with Gasteiger partial charge in [0.25, 0.3) is 0 Å². The molecule has 20 heavy (non-hydrogen) atoms. The molecule has 0 spiro atoms. The van der Waals surface area contributed by atoms with Crippen LogP contribution in [0.5, 0.6) is 5.75 Å². The minimum absolute atomic E-state index is 0.0466. The Hall–Kier alpha value is -1.59. The van der Waals surface area contributed by atoms with Gasteiger partial charge in [-0.15, -0.1) is 0 Å². The predicted molar refractivity (Wildman–Crippen MR) is 77.3 cm³/mol. The Kier molecular flexibility index (Phi) is 5.98. The van der Waals surface area contributed by atoms with Crippen molar-refractivity contribution in [1.82, 2.24) is 4.90 Å². The second-order valence-electron chi connectivity index (χ2n) is 5.56. The van der Waals surface area contributed by atoms with Crippen LogP contribution in [0.25, 0.3) is 0 Å². The summed E-state index contributed by atoms with van der Waals surface area (Å²) in [4.78, 5) is 13.0. The molecule has 0 saturated heterocycles. The highest BCUT2D eigenvalue weighted by Crippen LogP contribution is 2.15. The summed E-state index contributed by atoms with van der Waals surface area (Å²) in [5.74, 6) is -0.421. The number of ether oxygens (including phenoxy) is 1. The fourth-order valence-corrected chi connectivity index (χ4v) is 1.90. The van der Waals surface area contributed by atoms with E-state index in [9.17, 15) is 4.79 Å². The predicted octanol–water partition coefficient (Wildman–Crippen LogP) is 1.86. The first-order valence-electron chi connectivity index (χ1n) is 6.66. The van der Waals surface area contributed by atoms with Gasteiger partial charge in [0.2, 0.25) is 0 Å². The summed E-state index contributed by atoms with van der Waals surface area (Å²) in [6.07, 6.45) is 0. The Morgan fingerprint density at radius 3 is 2.55 bits per heavy atom. The van der Waals surface area contributed by atoms with Crippen LogP contribution in [0.3, 0.4) is 0 Å². The highest BCUT2D eigenvalue weighted by Gasteiger charge is 2.20. The van der Waals surface area contributed by atoms with Crippen molar-refractivity contribution in [2.75, 3.05) is 26.3 Å². The van der Waals surface area contributed by atoms with Gasteiger partial charge >= 0.3 is 5.97 Å². The molecule has 0 fully saturated rings. The summed E-state index contributed by atoms with van der Waals surface area (Å²) >= 11 is 0. The average Bonchev–Trinajstić information content (AvgIpc) is 2.37. The van der Waals surface area contributed by atoms with E-state index in [2.05, 4.69) is 25.7 Å². The van der Waals surface area contributed by atoms with Crippen molar-refractivity contribution < 1.29 is 19.7 Å².